The molecule has 4 nitrogen and oxygen atoms in total. The highest BCUT2D eigenvalue weighted by Crippen LogP contribution is 2.15. The van der Waals surface area contributed by atoms with Crippen LogP contribution in [0.3, 0.4) is 0 Å². The van der Waals surface area contributed by atoms with Crippen molar-refractivity contribution in [3.63, 3.8) is 0 Å². The van der Waals surface area contributed by atoms with Gasteiger partial charge in [0.25, 0.3) is 0 Å². The monoisotopic (exact) mass is 286 g/mol. The number of hydrogen-bond acceptors (Lipinski definition) is 3. The van der Waals surface area contributed by atoms with E-state index < -0.39 is 0 Å². The Kier molecular flexibility index (Phi) is 4.99. The van der Waals surface area contributed by atoms with Crippen LogP contribution in [0.4, 0.5) is 0 Å². The average Bonchev–Trinajstić information content (AvgIpc) is 2.89. The zero-order chi connectivity index (χ0) is 11.0. The van der Waals surface area contributed by atoms with Crippen molar-refractivity contribution in [3.05, 3.63) is 30.1 Å². The Morgan fingerprint density at radius 1 is 1.28 bits per heavy atom. The molecule has 0 amide bonds. The van der Waals surface area contributed by atoms with E-state index in [1.807, 2.05) is 25.1 Å². The number of aryl methyl sites for hydroxylation is 1. The van der Waals surface area contributed by atoms with Gasteiger partial charge in [0, 0.05) is 6.54 Å². The molecule has 2 aromatic rings. The zero-order valence-corrected chi connectivity index (χ0v) is 11.7. The molecule has 6 heteroatoms. The molecule has 1 aliphatic rings. The van der Waals surface area contributed by atoms with Gasteiger partial charge in [0.1, 0.15) is 11.7 Å². The average molecular weight is 287 g/mol. The van der Waals surface area contributed by atoms with Crippen LogP contribution in [-0.2, 0) is 6.54 Å². The summed E-state index contributed by atoms with van der Waals surface area (Å²) in [6.45, 7) is 4.68. The van der Waals surface area contributed by atoms with Crippen LogP contribution < -0.4 is 5.32 Å². The second-order valence-electron chi connectivity index (χ2n) is 3.99. The number of nitrogens with one attached hydrogen (secondary N) is 1. The molecule has 18 heavy (non-hydrogen) atoms. The lowest BCUT2D eigenvalue weighted by Crippen LogP contribution is -2.24. The van der Waals surface area contributed by atoms with Gasteiger partial charge in [0.15, 0.2) is 0 Å². The SMILES string of the molecule is Cc1nc2ccccc2n1CC1=NCCN1.Cl.Cl. The summed E-state index contributed by atoms with van der Waals surface area (Å²) in [5.74, 6) is 2.10. The van der Waals surface area contributed by atoms with Crippen LogP contribution in [0.15, 0.2) is 29.3 Å². The molecule has 0 atom stereocenters. The molecule has 3 rings (SSSR count). The number of imidazole rings is 1. The maximum atomic E-state index is 4.54. The maximum Gasteiger partial charge on any atom is 0.117 e. The summed E-state index contributed by atoms with van der Waals surface area (Å²) in [4.78, 5) is 8.95. The molecule has 1 aromatic heterocycles. The Balaban J connectivity index is 0.000000810. The van der Waals surface area contributed by atoms with Gasteiger partial charge in [-0.25, -0.2) is 4.98 Å². The van der Waals surface area contributed by atoms with Crippen LogP contribution >= 0.6 is 24.8 Å². The summed E-state index contributed by atoms with van der Waals surface area (Å²) in [6.07, 6.45) is 0. The van der Waals surface area contributed by atoms with E-state index in [9.17, 15) is 0 Å². The number of aromatic nitrogens is 2. The second kappa shape index (κ2) is 6.07. The predicted octanol–water partition coefficient (Wildman–Crippen LogP) is 2.19. The largest absolute Gasteiger partial charge is 0.370 e. The number of benzene rings is 1. The molecule has 0 spiro atoms. The van der Waals surface area contributed by atoms with Gasteiger partial charge in [0.05, 0.1) is 24.1 Å². The Hall–Kier alpha value is -1.26. The molecule has 0 bridgehead atoms. The Morgan fingerprint density at radius 3 is 2.78 bits per heavy atom. The van der Waals surface area contributed by atoms with E-state index in [4.69, 9.17) is 0 Å². The number of fused-ring (bicyclic) bond motifs is 1. The third-order valence-corrected chi connectivity index (χ3v) is 2.90. The highest BCUT2D eigenvalue weighted by atomic mass is 35.5. The van der Waals surface area contributed by atoms with Gasteiger partial charge >= 0.3 is 0 Å². The van der Waals surface area contributed by atoms with Crippen LogP contribution in [-0.4, -0.2) is 28.5 Å². The summed E-state index contributed by atoms with van der Waals surface area (Å²) < 4.78 is 2.20. The molecule has 0 saturated heterocycles. The van der Waals surface area contributed by atoms with Crippen LogP contribution in [0.5, 0.6) is 0 Å². The first kappa shape index (κ1) is 14.8. The Labute approximate surface area is 118 Å². The number of rotatable bonds is 2. The summed E-state index contributed by atoms with van der Waals surface area (Å²) in [5.41, 5.74) is 2.23. The van der Waals surface area contributed by atoms with Gasteiger partial charge in [-0.2, -0.15) is 0 Å². The molecule has 0 unspecified atom stereocenters. The van der Waals surface area contributed by atoms with Gasteiger partial charge < -0.3 is 9.88 Å². The molecule has 1 aromatic carbocycles. The van der Waals surface area contributed by atoms with Crippen molar-refractivity contribution in [1.82, 2.24) is 14.9 Å². The van der Waals surface area contributed by atoms with E-state index in [0.29, 0.717) is 0 Å². The van der Waals surface area contributed by atoms with E-state index in [1.165, 1.54) is 5.52 Å². The molecule has 0 radical (unpaired) electrons. The second-order valence-corrected chi connectivity index (χ2v) is 3.99. The van der Waals surface area contributed by atoms with Crippen LogP contribution in [0.2, 0.25) is 0 Å². The number of nitrogens with zero attached hydrogens (tertiary/aromatic N) is 3. The summed E-state index contributed by atoms with van der Waals surface area (Å²) in [5, 5.41) is 3.29. The molecular formula is C12H16Cl2N4. The Bertz CT molecular complexity index is 562. The van der Waals surface area contributed by atoms with Gasteiger partial charge in [0.2, 0.25) is 0 Å². The molecule has 0 fully saturated rings. The van der Waals surface area contributed by atoms with Crippen molar-refractivity contribution in [2.75, 3.05) is 13.1 Å². The van der Waals surface area contributed by atoms with Crippen LogP contribution in [0, 0.1) is 6.92 Å². The van der Waals surface area contributed by atoms with E-state index in [-0.39, 0.29) is 24.8 Å². The minimum atomic E-state index is 0. The lowest BCUT2D eigenvalue weighted by atomic mass is 10.3. The molecule has 0 saturated carbocycles. The Morgan fingerprint density at radius 2 is 2.06 bits per heavy atom. The standard InChI is InChI=1S/C12H14N4.2ClH/c1-9-15-10-4-2-3-5-11(10)16(9)8-12-13-6-7-14-12;;/h2-5H,6-8H2,1H3,(H,13,14);2*1H. The third-order valence-electron chi connectivity index (χ3n) is 2.90. The van der Waals surface area contributed by atoms with E-state index in [2.05, 4.69) is 25.9 Å². The molecule has 0 aliphatic carbocycles. The van der Waals surface area contributed by atoms with Crippen molar-refractivity contribution in [2.24, 2.45) is 4.99 Å². The quantitative estimate of drug-likeness (QED) is 0.920. The van der Waals surface area contributed by atoms with Gasteiger partial charge in [-0.05, 0) is 19.1 Å². The summed E-state index contributed by atoms with van der Waals surface area (Å²) >= 11 is 0. The molecular weight excluding hydrogens is 271 g/mol. The lowest BCUT2D eigenvalue weighted by Gasteiger charge is -2.06. The first-order chi connectivity index (χ1) is 7.84. The number of para-hydroxylation sites is 2. The molecule has 98 valence electrons. The van der Waals surface area contributed by atoms with Crippen molar-refractivity contribution in [1.29, 1.82) is 0 Å². The first-order valence-electron chi connectivity index (χ1n) is 5.53. The topological polar surface area (TPSA) is 42.2 Å². The normalized spacial score (nSPS) is 13.5. The van der Waals surface area contributed by atoms with Crippen molar-refractivity contribution < 1.29 is 0 Å². The third kappa shape index (κ3) is 2.60. The van der Waals surface area contributed by atoms with E-state index in [1.54, 1.807) is 0 Å². The predicted molar refractivity (Wildman–Crippen MR) is 79.3 cm³/mol. The smallest absolute Gasteiger partial charge is 0.117 e. The molecule has 1 aliphatic heterocycles. The minimum absolute atomic E-state index is 0. The van der Waals surface area contributed by atoms with Crippen molar-refractivity contribution >= 4 is 41.7 Å². The van der Waals surface area contributed by atoms with Gasteiger partial charge in [-0.3, -0.25) is 4.99 Å². The van der Waals surface area contributed by atoms with Crippen LogP contribution in [0.25, 0.3) is 11.0 Å². The first-order valence-corrected chi connectivity index (χ1v) is 5.53. The number of amidine groups is 1. The van der Waals surface area contributed by atoms with E-state index in [0.717, 1.165) is 36.8 Å². The summed E-state index contributed by atoms with van der Waals surface area (Å²) in [6, 6.07) is 8.21. The minimum Gasteiger partial charge on any atom is -0.370 e. The van der Waals surface area contributed by atoms with Crippen LogP contribution in [0.1, 0.15) is 5.82 Å². The van der Waals surface area contributed by atoms with Gasteiger partial charge in [-0.15, -0.1) is 24.8 Å². The van der Waals surface area contributed by atoms with Crippen molar-refractivity contribution in [3.8, 4) is 0 Å². The van der Waals surface area contributed by atoms with Gasteiger partial charge in [-0.1, -0.05) is 12.1 Å². The molecule has 1 N–H and O–H groups in total. The van der Waals surface area contributed by atoms with Crippen molar-refractivity contribution in [2.45, 2.75) is 13.5 Å². The fourth-order valence-corrected chi connectivity index (χ4v) is 2.10. The lowest BCUT2D eigenvalue weighted by molar-refractivity contribution is 0.813. The zero-order valence-electron chi connectivity index (χ0n) is 10.1. The number of hydrogen-bond donors (Lipinski definition) is 1. The fourth-order valence-electron chi connectivity index (χ4n) is 2.10. The molecule has 2 heterocycles. The highest BCUT2D eigenvalue weighted by Gasteiger charge is 2.10. The number of halogens is 2. The summed E-state index contributed by atoms with van der Waals surface area (Å²) in [7, 11) is 0. The van der Waals surface area contributed by atoms with E-state index >= 15 is 0 Å². The fraction of sp³-hybridized carbons (Fsp3) is 0.333. The highest BCUT2D eigenvalue weighted by molar-refractivity contribution is 5.86. The maximum absolute atomic E-state index is 4.54. The number of aliphatic imine (C=N–C) groups is 1.